The van der Waals surface area contributed by atoms with E-state index in [9.17, 15) is 29.7 Å². The molecular weight excluding hydrogens is 440 g/mol. The van der Waals surface area contributed by atoms with Gasteiger partial charge in [-0.3, -0.25) is 4.79 Å². The van der Waals surface area contributed by atoms with Gasteiger partial charge in [-0.15, -0.1) is 0 Å². The molecule has 4 aliphatic rings. The van der Waals surface area contributed by atoms with Gasteiger partial charge in [0, 0.05) is 31.6 Å². The summed E-state index contributed by atoms with van der Waals surface area (Å²) >= 11 is 0. The SMILES string of the molecule is COC(=O)/C=C\C1(C)C2C(OC)[C@@H](O)C3COC(=O)C4OC43[C@]2(C)[C@](O)(OC)[C@]1(O)C(C)=O. The second-order valence-electron chi connectivity index (χ2n) is 9.65. The minimum atomic E-state index is -2.64. The molecule has 2 saturated carbocycles. The van der Waals surface area contributed by atoms with Gasteiger partial charge in [0.25, 0.3) is 0 Å². The number of carbonyl (C=O) groups excluding carboxylic acids is 3. The molecule has 0 amide bonds. The van der Waals surface area contributed by atoms with Crippen molar-refractivity contribution in [3.8, 4) is 0 Å². The van der Waals surface area contributed by atoms with Crippen LogP contribution in [0.2, 0.25) is 0 Å². The van der Waals surface area contributed by atoms with Gasteiger partial charge in [-0.25, -0.2) is 9.59 Å². The largest absolute Gasteiger partial charge is 0.466 e. The molecule has 184 valence electrons. The molecule has 33 heavy (non-hydrogen) atoms. The Hall–Kier alpha value is -1.89. The highest BCUT2D eigenvalue weighted by Gasteiger charge is 2.95. The van der Waals surface area contributed by atoms with Crippen molar-refractivity contribution in [1.29, 1.82) is 0 Å². The number of hydrogen-bond acceptors (Lipinski definition) is 11. The third kappa shape index (κ3) is 2.33. The number of cyclic esters (lactones) is 1. The summed E-state index contributed by atoms with van der Waals surface area (Å²) in [4.78, 5) is 37.6. The average molecular weight is 470 g/mol. The van der Waals surface area contributed by atoms with Crippen molar-refractivity contribution in [1.82, 2.24) is 0 Å². The van der Waals surface area contributed by atoms with Gasteiger partial charge in [-0.1, -0.05) is 19.9 Å². The molecule has 2 saturated heterocycles. The number of carbonyl (C=O) groups is 3. The highest BCUT2D eigenvalue weighted by Crippen LogP contribution is 2.78. The Morgan fingerprint density at radius 3 is 2.33 bits per heavy atom. The van der Waals surface area contributed by atoms with E-state index in [0.717, 1.165) is 20.1 Å². The molecule has 0 aromatic heterocycles. The second-order valence-corrected chi connectivity index (χ2v) is 9.65. The van der Waals surface area contributed by atoms with Crippen molar-refractivity contribution in [3.05, 3.63) is 12.2 Å². The maximum atomic E-state index is 13.1. The van der Waals surface area contributed by atoms with Crippen LogP contribution in [0.4, 0.5) is 0 Å². The lowest BCUT2D eigenvalue weighted by atomic mass is 9.50. The van der Waals surface area contributed by atoms with Crippen LogP contribution < -0.4 is 0 Å². The Balaban J connectivity index is 2.08. The van der Waals surface area contributed by atoms with Crippen LogP contribution in [-0.2, 0) is 38.1 Å². The van der Waals surface area contributed by atoms with Crippen molar-refractivity contribution < 1.29 is 53.4 Å². The number of fused-ring (bicyclic) bond motifs is 1. The first-order valence-corrected chi connectivity index (χ1v) is 10.6. The van der Waals surface area contributed by atoms with Gasteiger partial charge in [0.05, 0.1) is 37.3 Å². The number of epoxide rings is 1. The van der Waals surface area contributed by atoms with E-state index < -0.39 is 75.7 Å². The number of aliphatic hydroxyl groups excluding tert-OH is 1. The van der Waals surface area contributed by atoms with Crippen LogP contribution in [-0.4, -0.2) is 96.3 Å². The van der Waals surface area contributed by atoms with Crippen LogP contribution in [0, 0.1) is 22.7 Å². The highest BCUT2D eigenvalue weighted by atomic mass is 16.7. The van der Waals surface area contributed by atoms with Gasteiger partial charge < -0.3 is 39.0 Å². The molecule has 0 radical (unpaired) electrons. The minimum Gasteiger partial charge on any atom is -0.466 e. The lowest BCUT2D eigenvalue weighted by Gasteiger charge is -2.57. The summed E-state index contributed by atoms with van der Waals surface area (Å²) in [6, 6.07) is 0. The zero-order valence-electron chi connectivity index (χ0n) is 19.4. The highest BCUT2D eigenvalue weighted by molar-refractivity contribution is 5.90. The topological polar surface area (TPSA) is 161 Å². The number of esters is 2. The van der Waals surface area contributed by atoms with E-state index in [-0.39, 0.29) is 6.61 Å². The summed E-state index contributed by atoms with van der Waals surface area (Å²) in [6.07, 6.45) is -1.20. The summed E-state index contributed by atoms with van der Waals surface area (Å²) in [5.74, 6) is -6.83. The first kappa shape index (κ1) is 24.2. The number of hydrogen-bond donors (Lipinski definition) is 3. The lowest BCUT2D eigenvalue weighted by molar-refractivity contribution is -0.340. The van der Waals surface area contributed by atoms with Crippen LogP contribution in [0.25, 0.3) is 0 Å². The molecule has 4 fully saturated rings. The Bertz CT molecular complexity index is 933. The van der Waals surface area contributed by atoms with Gasteiger partial charge in [0.1, 0.15) is 5.60 Å². The van der Waals surface area contributed by atoms with Crippen molar-refractivity contribution in [2.75, 3.05) is 27.9 Å². The first-order valence-electron chi connectivity index (χ1n) is 10.6. The monoisotopic (exact) mass is 470 g/mol. The van der Waals surface area contributed by atoms with Gasteiger partial charge >= 0.3 is 11.9 Å². The molecular formula is C22H30O11. The molecule has 0 aromatic rings. The molecule has 2 heterocycles. The van der Waals surface area contributed by atoms with E-state index in [0.29, 0.717) is 0 Å². The maximum Gasteiger partial charge on any atom is 0.338 e. The van der Waals surface area contributed by atoms with E-state index in [2.05, 4.69) is 4.74 Å². The van der Waals surface area contributed by atoms with Crippen LogP contribution >= 0.6 is 0 Å². The molecule has 2 aliphatic heterocycles. The smallest absolute Gasteiger partial charge is 0.338 e. The van der Waals surface area contributed by atoms with Gasteiger partial charge in [-0.05, 0) is 6.92 Å². The lowest BCUT2D eigenvalue weighted by Crippen LogP contribution is -2.73. The molecule has 0 aromatic carbocycles. The van der Waals surface area contributed by atoms with Crippen LogP contribution in [0.3, 0.4) is 0 Å². The molecule has 10 atom stereocenters. The van der Waals surface area contributed by atoms with E-state index >= 15 is 0 Å². The Morgan fingerprint density at radius 2 is 1.82 bits per heavy atom. The van der Waals surface area contributed by atoms with Crippen molar-refractivity contribution in [2.45, 2.75) is 56.1 Å². The van der Waals surface area contributed by atoms with Gasteiger partial charge in [-0.2, -0.15) is 0 Å². The standard InChI is InChI=1S/C22H30O11/c1-10(23)21(27)18(2,8-7-12(24)29-4)15-14(30-5)13(25)11-9-32-17(26)16-20(11,33-16)19(15,3)22(21,28)31-6/h7-8,11,13-16,25,27-28H,9H2,1-6H3/b8-7-/t11?,13-,14?,15?,16?,18?,19+,20?,21-,22-/m0/s1. The third-order valence-electron chi connectivity index (χ3n) is 8.79. The Morgan fingerprint density at radius 1 is 1.18 bits per heavy atom. The van der Waals surface area contributed by atoms with E-state index in [1.54, 1.807) is 0 Å². The summed E-state index contributed by atoms with van der Waals surface area (Å²) in [5, 5.41) is 35.5. The molecule has 4 rings (SSSR count). The summed E-state index contributed by atoms with van der Waals surface area (Å²) in [7, 11) is 3.63. The third-order valence-corrected chi connectivity index (χ3v) is 8.79. The fourth-order valence-corrected chi connectivity index (χ4v) is 7.34. The second kappa shape index (κ2) is 7.06. The Kier molecular flexibility index (Phi) is 5.19. The predicted octanol–water partition coefficient (Wildman–Crippen LogP) is -1.29. The van der Waals surface area contributed by atoms with Crippen LogP contribution in [0.1, 0.15) is 20.8 Å². The number of methoxy groups -OCH3 is 3. The quantitative estimate of drug-likeness (QED) is 0.190. The molecule has 0 bridgehead atoms. The number of Topliss-reactive ketones (excluding diaryl/α,β-unsaturated/α-hetero) is 1. The molecule has 1 spiro atoms. The Labute approximate surface area is 190 Å². The van der Waals surface area contributed by atoms with Crippen molar-refractivity contribution in [3.63, 3.8) is 0 Å². The summed E-state index contributed by atoms with van der Waals surface area (Å²) < 4.78 is 27.0. The fourth-order valence-electron chi connectivity index (χ4n) is 7.34. The molecule has 6 unspecified atom stereocenters. The normalized spacial score (nSPS) is 52.5. The maximum absolute atomic E-state index is 13.1. The van der Waals surface area contributed by atoms with E-state index in [4.69, 9.17) is 18.9 Å². The van der Waals surface area contributed by atoms with Crippen LogP contribution in [0.5, 0.6) is 0 Å². The zero-order chi connectivity index (χ0) is 24.8. The van der Waals surface area contributed by atoms with E-state index in [1.165, 1.54) is 34.1 Å². The molecule has 11 nitrogen and oxygen atoms in total. The fraction of sp³-hybridized carbons (Fsp3) is 0.773. The van der Waals surface area contributed by atoms with Crippen LogP contribution in [0.15, 0.2) is 12.2 Å². The van der Waals surface area contributed by atoms with E-state index in [1.807, 2.05) is 0 Å². The van der Waals surface area contributed by atoms with Gasteiger partial charge in [0.2, 0.25) is 5.79 Å². The number of ether oxygens (including phenoxy) is 5. The first-order chi connectivity index (χ1) is 15.3. The zero-order valence-corrected chi connectivity index (χ0v) is 19.4. The molecule has 3 N–H and O–H groups in total. The minimum absolute atomic E-state index is 0.217. The molecule has 2 aliphatic carbocycles. The molecule has 11 heteroatoms. The number of rotatable bonds is 5. The average Bonchev–Trinajstić information content (AvgIpc) is 3.53. The van der Waals surface area contributed by atoms with Crippen molar-refractivity contribution in [2.24, 2.45) is 22.7 Å². The predicted molar refractivity (Wildman–Crippen MR) is 107 cm³/mol. The van der Waals surface area contributed by atoms with Crippen molar-refractivity contribution >= 4 is 17.7 Å². The summed E-state index contributed by atoms with van der Waals surface area (Å²) in [5.41, 5.74) is -7.59. The number of ketones is 1. The number of aliphatic hydroxyl groups is 3. The van der Waals surface area contributed by atoms with Gasteiger partial charge in [0.15, 0.2) is 17.5 Å². The summed E-state index contributed by atoms with van der Waals surface area (Å²) in [6.45, 7) is 3.87.